The van der Waals surface area contributed by atoms with E-state index in [0.717, 1.165) is 10.1 Å². The molecule has 0 saturated carbocycles. The highest BCUT2D eigenvalue weighted by Crippen LogP contribution is 2.25. The van der Waals surface area contributed by atoms with Crippen molar-refractivity contribution in [2.45, 2.75) is 13.5 Å². The molecule has 0 radical (unpaired) electrons. The smallest absolute Gasteiger partial charge is 0.332 e. The first kappa shape index (κ1) is 17.6. The molecule has 9 heteroatoms. The molecule has 2 heterocycles. The summed E-state index contributed by atoms with van der Waals surface area (Å²) in [4.78, 5) is 29.1. The van der Waals surface area contributed by atoms with Crippen LogP contribution in [0.15, 0.2) is 27.8 Å². The van der Waals surface area contributed by atoms with Crippen molar-refractivity contribution in [2.24, 2.45) is 14.1 Å². The van der Waals surface area contributed by atoms with E-state index in [4.69, 9.17) is 27.9 Å². The topological polar surface area (TPSA) is 71.1 Å². The zero-order chi connectivity index (χ0) is 18.3. The molecule has 0 amide bonds. The van der Waals surface area contributed by atoms with E-state index in [9.17, 15) is 9.59 Å². The van der Waals surface area contributed by atoms with Gasteiger partial charge in [0, 0.05) is 14.1 Å². The van der Waals surface area contributed by atoms with Crippen LogP contribution in [0.5, 0.6) is 6.01 Å². The van der Waals surface area contributed by atoms with E-state index in [0.29, 0.717) is 28.7 Å². The highest BCUT2D eigenvalue weighted by atomic mass is 35.5. The summed E-state index contributed by atoms with van der Waals surface area (Å²) >= 11 is 12.0. The number of benzene rings is 1. The Balaban J connectivity index is 2.28. The van der Waals surface area contributed by atoms with Gasteiger partial charge in [-0.25, -0.2) is 4.79 Å². The van der Waals surface area contributed by atoms with Crippen LogP contribution in [0, 0.1) is 0 Å². The Morgan fingerprint density at radius 3 is 2.48 bits per heavy atom. The van der Waals surface area contributed by atoms with Crippen molar-refractivity contribution in [3.05, 3.63) is 54.6 Å². The van der Waals surface area contributed by atoms with Crippen molar-refractivity contribution in [3.63, 3.8) is 0 Å². The summed E-state index contributed by atoms with van der Waals surface area (Å²) in [5.74, 6) is 0. The molecule has 0 spiro atoms. The maximum absolute atomic E-state index is 12.6. The Bertz CT molecular complexity index is 1080. The second kappa shape index (κ2) is 6.57. The van der Waals surface area contributed by atoms with E-state index in [1.165, 1.54) is 11.6 Å². The fourth-order valence-corrected chi connectivity index (χ4v) is 2.95. The molecule has 0 aliphatic carbocycles. The lowest BCUT2D eigenvalue weighted by Crippen LogP contribution is -2.37. The molecule has 0 fully saturated rings. The SMILES string of the molecule is CCOc1nc2c(c(=O)n(C)c(=O)n2C)n1Cc1ccc(Cl)c(Cl)c1. The van der Waals surface area contributed by atoms with Gasteiger partial charge in [-0.05, 0) is 24.6 Å². The van der Waals surface area contributed by atoms with Gasteiger partial charge in [-0.1, -0.05) is 29.3 Å². The summed E-state index contributed by atoms with van der Waals surface area (Å²) < 4.78 is 9.58. The lowest BCUT2D eigenvalue weighted by Gasteiger charge is -2.10. The van der Waals surface area contributed by atoms with E-state index in [-0.39, 0.29) is 11.7 Å². The molecule has 0 aliphatic rings. The number of imidazole rings is 1. The fourth-order valence-electron chi connectivity index (χ4n) is 2.63. The van der Waals surface area contributed by atoms with Crippen LogP contribution < -0.4 is 16.0 Å². The predicted octanol–water partition coefficient (Wildman–Crippen LogP) is 2.19. The summed E-state index contributed by atoms with van der Waals surface area (Å²) in [6.45, 7) is 2.50. The van der Waals surface area contributed by atoms with Gasteiger partial charge in [0.1, 0.15) is 0 Å². The van der Waals surface area contributed by atoms with Crippen molar-refractivity contribution >= 4 is 34.4 Å². The summed E-state index contributed by atoms with van der Waals surface area (Å²) in [7, 11) is 3.00. The molecule has 0 aliphatic heterocycles. The maximum atomic E-state index is 12.6. The standard InChI is InChI=1S/C16H16Cl2N4O3/c1-4-25-15-19-13-12(14(23)21(3)16(24)20(13)2)22(15)8-9-5-6-10(17)11(18)7-9/h5-7H,4,8H2,1-3H3. The molecule has 0 N–H and O–H groups in total. The van der Waals surface area contributed by atoms with E-state index < -0.39 is 11.2 Å². The second-order valence-corrected chi connectivity index (χ2v) is 6.35. The first-order chi connectivity index (χ1) is 11.8. The van der Waals surface area contributed by atoms with E-state index in [1.807, 2.05) is 13.0 Å². The van der Waals surface area contributed by atoms with Gasteiger partial charge in [0.25, 0.3) is 11.6 Å². The summed E-state index contributed by atoms with van der Waals surface area (Å²) in [6, 6.07) is 5.48. The van der Waals surface area contributed by atoms with Crippen LogP contribution in [-0.2, 0) is 20.6 Å². The van der Waals surface area contributed by atoms with Crippen LogP contribution >= 0.6 is 23.2 Å². The van der Waals surface area contributed by atoms with Gasteiger partial charge in [-0.15, -0.1) is 0 Å². The minimum absolute atomic E-state index is 0.266. The van der Waals surface area contributed by atoms with Gasteiger partial charge >= 0.3 is 5.69 Å². The number of rotatable bonds is 4. The molecule has 0 atom stereocenters. The molecule has 25 heavy (non-hydrogen) atoms. The molecule has 0 unspecified atom stereocenters. The number of ether oxygens (including phenoxy) is 1. The van der Waals surface area contributed by atoms with Gasteiger partial charge in [0.2, 0.25) is 0 Å². The Labute approximate surface area is 153 Å². The maximum Gasteiger partial charge on any atom is 0.332 e. The molecule has 3 aromatic rings. The van der Waals surface area contributed by atoms with Crippen molar-refractivity contribution in [2.75, 3.05) is 6.61 Å². The van der Waals surface area contributed by atoms with Crippen LogP contribution in [0.25, 0.3) is 11.2 Å². The number of aromatic nitrogens is 4. The average Bonchev–Trinajstić information content (AvgIpc) is 2.93. The molecule has 1 aromatic carbocycles. The van der Waals surface area contributed by atoms with Crippen LogP contribution in [0.3, 0.4) is 0 Å². The molecule has 0 bridgehead atoms. The summed E-state index contributed by atoms with van der Waals surface area (Å²) in [6.07, 6.45) is 0. The highest BCUT2D eigenvalue weighted by Gasteiger charge is 2.20. The summed E-state index contributed by atoms with van der Waals surface area (Å²) in [5, 5.41) is 0.867. The van der Waals surface area contributed by atoms with Crippen molar-refractivity contribution < 1.29 is 4.74 Å². The second-order valence-electron chi connectivity index (χ2n) is 5.54. The van der Waals surface area contributed by atoms with E-state index in [2.05, 4.69) is 4.98 Å². The molecule has 2 aromatic heterocycles. The third-order valence-electron chi connectivity index (χ3n) is 3.91. The molecule has 0 saturated heterocycles. The van der Waals surface area contributed by atoms with Crippen molar-refractivity contribution in [1.82, 2.24) is 18.7 Å². The van der Waals surface area contributed by atoms with Gasteiger partial charge in [0.05, 0.1) is 23.2 Å². The number of nitrogens with zero attached hydrogens (tertiary/aromatic N) is 4. The normalized spacial score (nSPS) is 11.2. The summed E-state index contributed by atoms with van der Waals surface area (Å²) in [5.41, 5.74) is 0.512. The number of hydrogen-bond acceptors (Lipinski definition) is 4. The highest BCUT2D eigenvalue weighted by molar-refractivity contribution is 6.42. The minimum atomic E-state index is -0.445. The van der Waals surface area contributed by atoms with Crippen LogP contribution in [0.2, 0.25) is 10.0 Å². The quantitative estimate of drug-likeness (QED) is 0.693. The van der Waals surface area contributed by atoms with Crippen LogP contribution in [-0.4, -0.2) is 25.3 Å². The Morgan fingerprint density at radius 1 is 1.12 bits per heavy atom. The number of hydrogen-bond donors (Lipinski definition) is 0. The number of fused-ring (bicyclic) bond motifs is 1. The Hall–Kier alpha value is -2.25. The average molecular weight is 383 g/mol. The van der Waals surface area contributed by atoms with Crippen LogP contribution in [0.1, 0.15) is 12.5 Å². The lowest BCUT2D eigenvalue weighted by molar-refractivity contribution is 0.301. The molecular weight excluding hydrogens is 367 g/mol. The van der Waals surface area contributed by atoms with E-state index >= 15 is 0 Å². The Morgan fingerprint density at radius 2 is 1.84 bits per heavy atom. The third kappa shape index (κ3) is 2.94. The minimum Gasteiger partial charge on any atom is -0.465 e. The monoisotopic (exact) mass is 382 g/mol. The van der Waals surface area contributed by atoms with Crippen molar-refractivity contribution in [3.8, 4) is 6.01 Å². The predicted molar refractivity (Wildman–Crippen MR) is 96.9 cm³/mol. The Kier molecular flexibility index (Phi) is 4.62. The fraction of sp³-hybridized carbons (Fsp3) is 0.312. The third-order valence-corrected chi connectivity index (χ3v) is 4.65. The molecule has 3 rings (SSSR count). The first-order valence-electron chi connectivity index (χ1n) is 7.58. The first-order valence-corrected chi connectivity index (χ1v) is 8.33. The van der Waals surface area contributed by atoms with E-state index in [1.54, 1.807) is 23.7 Å². The van der Waals surface area contributed by atoms with Gasteiger partial charge in [-0.2, -0.15) is 4.98 Å². The van der Waals surface area contributed by atoms with Crippen molar-refractivity contribution in [1.29, 1.82) is 0 Å². The molecule has 132 valence electrons. The molecule has 7 nitrogen and oxygen atoms in total. The zero-order valence-electron chi connectivity index (χ0n) is 13.9. The largest absolute Gasteiger partial charge is 0.465 e. The van der Waals surface area contributed by atoms with Gasteiger partial charge in [-0.3, -0.25) is 18.5 Å². The number of aryl methyl sites for hydroxylation is 1. The zero-order valence-corrected chi connectivity index (χ0v) is 15.4. The molecular formula is C16H16Cl2N4O3. The van der Waals surface area contributed by atoms with Crippen LogP contribution in [0.4, 0.5) is 0 Å². The van der Waals surface area contributed by atoms with Gasteiger partial charge in [0.15, 0.2) is 11.2 Å². The van der Waals surface area contributed by atoms with Gasteiger partial charge < -0.3 is 4.74 Å². The lowest BCUT2D eigenvalue weighted by atomic mass is 10.2. The number of halogens is 2.